The molecule has 16 heavy (non-hydrogen) atoms. The average molecular weight is 324 g/mol. The molecular formula is C11H17InN2O2. The van der Waals surface area contributed by atoms with Gasteiger partial charge in [0.2, 0.25) is 5.56 Å². The number of hydrogen-bond acceptors (Lipinski definition) is 3. The van der Waals surface area contributed by atoms with Gasteiger partial charge >= 0.3 is 29.1 Å². The Labute approximate surface area is 110 Å². The van der Waals surface area contributed by atoms with E-state index in [1.54, 1.807) is 6.20 Å². The summed E-state index contributed by atoms with van der Waals surface area (Å²) in [6, 6.07) is 3.33. The van der Waals surface area contributed by atoms with E-state index in [0.29, 0.717) is 0 Å². The summed E-state index contributed by atoms with van der Waals surface area (Å²) in [7, 11) is 0. The molecule has 1 aromatic heterocycles. The van der Waals surface area contributed by atoms with Gasteiger partial charge in [0.1, 0.15) is 0 Å². The summed E-state index contributed by atoms with van der Waals surface area (Å²) in [5.74, 6) is 0. The molecule has 5 heteroatoms. The van der Waals surface area contributed by atoms with Gasteiger partial charge in [-0.2, -0.15) is 0 Å². The maximum atomic E-state index is 10.9. The third kappa shape index (κ3) is 3.96. The number of ether oxygens (including phenoxy) is 1. The van der Waals surface area contributed by atoms with Crippen LogP contribution >= 0.6 is 0 Å². The zero-order valence-corrected chi connectivity index (χ0v) is 13.0. The summed E-state index contributed by atoms with van der Waals surface area (Å²) in [6.07, 6.45) is 1.99. The van der Waals surface area contributed by atoms with E-state index in [0.717, 1.165) is 18.7 Å². The molecule has 0 aromatic carbocycles. The van der Waals surface area contributed by atoms with E-state index in [1.165, 1.54) is 30.4 Å². The predicted octanol–water partition coefficient (Wildman–Crippen LogP) is 0.627. The van der Waals surface area contributed by atoms with Crippen LogP contribution in [0.15, 0.2) is 23.1 Å². The molecule has 4 nitrogen and oxygen atoms in total. The van der Waals surface area contributed by atoms with Crippen molar-refractivity contribution in [3.63, 3.8) is 0 Å². The van der Waals surface area contributed by atoms with E-state index >= 15 is 0 Å². The number of aromatic amines is 1. The summed E-state index contributed by atoms with van der Waals surface area (Å²) < 4.78 is 7.86. The third-order valence-corrected chi connectivity index (χ3v) is 2.34. The van der Waals surface area contributed by atoms with Crippen LogP contribution in [0.25, 0.3) is 0 Å². The average Bonchev–Trinajstić information content (AvgIpc) is 2.32. The fourth-order valence-corrected chi connectivity index (χ4v) is 1.61. The number of nitrogens with one attached hydrogen (secondary N) is 2. The second kappa shape index (κ2) is 7.14. The molecule has 1 aliphatic heterocycles. The molecular weight excluding hydrogens is 307 g/mol. The second-order valence-corrected chi connectivity index (χ2v) is 3.58. The van der Waals surface area contributed by atoms with Crippen LogP contribution < -0.4 is 10.9 Å². The van der Waals surface area contributed by atoms with Gasteiger partial charge in [0, 0.05) is 25.4 Å². The van der Waals surface area contributed by atoms with Crippen LogP contribution in [0.5, 0.6) is 0 Å². The Hall–Kier alpha value is -0.260. The molecule has 0 spiro atoms. The first-order valence-electron chi connectivity index (χ1n) is 5.38. The van der Waals surface area contributed by atoms with E-state index < -0.39 is 0 Å². The monoisotopic (exact) mass is 324 g/mol. The van der Waals surface area contributed by atoms with Crippen LogP contribution in [0.1, 0.15) is 18.6 Å². The minimum absolute atomic E-state index is 0.0515. The van der Waals surface area contributed by atoms with Crippen molar-refractivity contribution in [3.8, 4) is 0 Å². The molecule has 2 radical (unpaired) electrons. The van der Waals surface area contributed by atoms with Crippen molar-refractivity contribution >= 4 is 24.4 Å². The van der Waals surface area contributed by atoms with E-state index in [1.807, 2.05) is 13.0 Å². The van der Waals surface area contributed by atoms with Gasteiger partial charge in [0.25, 0.3) is 0 Å². The molecule has 2 atom stereocenters. The maximum absolute atomic E-state index is 10.9. The van der Waals surface area contributed by atoms with E-state index in [4.69, 9.17) is 4.74 Å². The molecule has 2 N–H and O–H groups in total. The first-order chi connectivity index (χ1) is 7.75. The molecule has 2 unspecified atom stereocenters. The van der Waals surface area contributed by atoms with Crippen LogP contribution in [-0.4, -0.2) is 48.6 Å². The summed E-state index contributed by atoms with van der Waals surface area (Å²) in [5.41, 5.74) is 0.939. The first kappa shape index (κ1) is 13.8. The summed E-state index contributed by atoms with van der Waals surface area (Å²) in [4.78, 5) is 13.5. The number of aromatic nitrogens is 1. The second-order valence-electron chi connectivity index (χ2n) is 3.58. The van der Waals surface area contributed by atoms with E-state index in [-0.39, 0.29) is 17.8 Å². The van der Waals surface area contributed by atoms with Crippen molar-refractivity contribution in [1.82, 2.24) is 10.3 Å². The fourth-order valence-electron chi connectivity index (χ4n) is 1.61. The van der Waals surface area contributed by atoms with Crippen molar-refractivity contribution in [3.05, 3.63) is 34.2 Å². The molecule has 1 aromatic rings. The van der Waals surface area contributed by atoms with Crippen LogP contribution in [0.3, 0.4) is 0 Å². The standard InChI is InChI=1S/C10H14N2O2.CH3.In/c1-7-4-11-6-9(14-7)8-2-3-10(13)12-5-8;;/h2-3,5,7,9,11H,4,6H2,1H3,(H,12,13);1H3;. The number of hydrogen-bond donors (Lipinski definition) is 2. The third-order valence-electron chi connectivity index (χ3n) is 2.34. The Morgan fingerprint density at radius 1 is 1.38 bits per heavy atom. The Balaban J connectivity index is 0.000000606. The van der Waals surface area contributed by atoms with Crippen molar-refractivity contribution in [2.24, 2.45) is 0 Å². The molecule has 1 aliphatic rings. The Morgan fingerprint density at radius 3 is 2.69 bits per heavy atom. The zero-order valence-electron chi connectivity index (χ0n) is 9.69. The van der Waals surface area contributed by atoms with Gasteiger partial charge in [0.05, 0.1) is 12.2 Å². The van der Waals surface area contributed by atoms with Crippen LogP contribution in [0, 0.1) is 0 Å². The van der Waals surface area contributed by atoms with Crippen molar-refractivity contribution in [2.45, 2.75) is 23.8 Å². The van der Waals surface area contributed by atoms with Crippen molar-refractivity contribution < 1.29 is 4.74 Å². The fraction of sp³-hybridized carbons (Fsp3) is 0.545. The van der Waals surface area contributed by atoms with E-state index in [9.17, 15) is 4.79 Å². The number of H-pyrrole nitrogens is 1. The van der Waals surface area contributed by atoms with Gasteiger partial charge in [-0.1, -0.05) is 0 Å². The molecule has 0 bridgehead atoms. The molecule has 1 saturated heterocycles. The molecule has 2 rings (SSSR count). The summed E-state index contributed by atoms with van der Waals surface area (Å²) in [5, 5.41) is 3.28. The minimum atomic E-state index is -0.0782. The SMILES string of the molecule is CC1CNCC(c2ccc(=O)[nH]c2)O1.[CH3][In]. The summed E-state index contributed by atoms with van der Waals surface area (Å²) in [6.45, 7) is 3.72. The number of rotatable bonds is 1. The molecule has 0 aliphatic carbocycles. The Kier molecular flexibility index (Phi) is 6.16. The van der Waals surface area contributed by atoms with Crippen LogP contribution in [0.2, 0.25) is 4.68 Å². The molecule has 2 heterocycles. The molecule has 0 amide bonds. The number of morpholine rings is 1. The van der Waals surface area contributed by atoms with Gasteiger partial charge in [-0.05, 0) is 18.6 Å². The van der Waals surface area contributed by atoms with E-state index in [2.05, 4.69) is 15.0 Å². The number of pyridine rings is 1. The molecule has 1 fully saturated rings. The Morgan fingerprint density at radius 2 is 2.12 bits per heavy atom. The quantitative estimate of drug-likeness (QED) is 0.797. The topological polar surface area (TPSA) is 54.1 Å². The zero-order chi connectivity index (χ0) is 12.0. The van der Waals surface area contributed by atoms with Gasteiger partial charge < -0.3 is 15.0 Å². The normalized spacial score (nSPS) is 24.4. The molecule has 0 saturated carbocycles. The van der Waals surface area contributed by atoms with Gasteiger partial charge in [-0.25, -0.2) is 0 Å². The Bertz CT molecular complexity index is 347. The van der Waals surface area contributed by atoms with Crippen LogP contribution in [0.4, 0.5) is 0 Å². The van der Waals surface area contributed by atoms with Gasteiger partial charge in [0.15, 0.2) is 0 Å². The van der Waals surface area contributed by atoms with Gasteiger partial charge in [-0.15, -0.1) is 0 Å². The first-order valence-corrected chi connectivity index (χ1v) is 8.68. The van der Waals surface area contributed by atoms with Crippen LogP contribution in [-0.2, 0) is 4.74 Å². The predicted molar refractivity (Wildman–Crippen MR) is 64.8 cm³/mol. The molecule has 86 valence electrons. The van der Waals surface area contributed by atoms with Crippen molar-refractivity contribution in [2.75, 3.05) is 13.1 Å². The summed E-state index contributed by atoms with van der Waals surface area (Å²) >= 11 is 1.35. The van der Waals surface area contributed by atoms with Crippen molar-refractivity contribution in [1.29, 1.82) is 0 Å². The van der Waals surface area contributed by atoms with Gasteiger partial charge in [-0.3, -0.25) is 4.79 Å².